The lowest BCUT2D eigenvalue weighted by Gasteiger charge is -2.43. The molecule has 1 aromatic rings. The molecule has 0 spiro atoms. The monoisotopic (exact) mass is 422 g/mol. The van der Waals surface area contributed by atoms with Crippen molar-refractivity contribution >= 4 is 17.7 Å². The molecule has 7 heteroatoms. The summed E-state index contributed by atoms with van der Waals surface area (Å²) in [7, 11) is 0. The van der Waals surface area contributed by atoms with Gasteiger partial charge in [-0.1, -0.05) is 39.8 Å². The summed E-state index contributed by atoms with van der Waals surface area (Å²) < 4.78 is 24.7. The zero-order chi connectivity index (χ0) is 22.6. The zero-order valence-electron chi connectivity index (χ0n) is 18.2. The van der Waals surface area contributed by atoms with Crippen molar-refractivity contribution in [2.45, 2.75) is 52.6 Å². The standard InChI is InChI=1S/C23H31FO6/c1-13(2)11-29-21(26)19-17(25)10-23(5,28)20(22(27)30-12-14(3)4)18(19)15-7-6-8-16(24)9-15/h6-9,13-14,18-20,28H,10-12H2,1-5H3/t18-,19+,20+,23-/m0/s1. The van der Waals surface area contributed by atoms with Crippen molar-refractivity contribution in [1.82, 2.24) is 0 Å². The van der Waals surface area contributed by atoms with Crippen molar-refractivity contribution in [2.75, 3.05) is 13.2 Å². The van der Waals surface area contributed by atoms with Gasteiger partial charge < -0.3 is 14.6 Å². The fourth-order valence-electron chi connectivity index (χ4n) is 3.81. The molecule has 2 rings (SSSR count). The molecule has 6 nitrogen and oxygen atoms in total. The third-order valence-electron chi connectivity index (χ3n) is 5.13. The Morgan fingerprint density at radius 1 is 1.13 bits per heavy atom. The average Bonchev–Trinajstić information content (AvgIpc) is 2.62. The number of Topliss-reactive ketones (excluding diaryl/α,β-unsaturated/α-hetero) is 1. The predicted octanol–water partition coefficient (Wildman–Crippen LogP) is 3.26. The van der Waals surface area contributed by atoms with Gasteiger partial charge in [0.05, 0.1) is 24.7 Å². The number of hydrogen-bond donors (Lipinski definition) is 1. The lowest BCUT2D eigenvalue weighted by Crippen LogP contribution is -2.55. The normalized spacial score (nSPS) is 26.7. The second-order valence-electron chi connectivity index (χ2n) is 9.08. The van der Waals surface area contributed by atoms with Crippen LogP contribution in [0, 0.1) is 29.5 Å². The maximum Gasteiger partial charge on any atom is 0.317 e. The van der Waals surface area contributed by atoms with Crippen molar-refractivity contribution < 1.29 is 33.4 Å². The van der Waals surface area contributed by atoms with E-state index in [1.807, 2.05) is 27.7 Å². The van der Waals surface area contributed by atoms with Crippen LogP contribution in [-0.4, -0.2) is 41.6 Å². The van der Waals surface area contributed by atoms with Crippen molar-refractivity contribution in [3.8, 4) is 0 Å². The van der Waals surface area contributed by atoms with E-state index in [9.17, 15) is 23.9 Å². The third-order valence-corrected chi connectivity index (χ3v) is 5.13. The number of ketones is 1. The van der Waals surface area contributed by atoms with Crippen molar-refractivity contribution in [2.24, 2.45) is 23.7 Å². The van der Waals surface area contributed by atoms with Crippen LogP contribution in [0.15, 0.2) is 24.3 Å². The van der Waals surface area contributed by atoms with Crippen LogP contribution in [0.1, 0.15) is 52.5 Å². The Morgan fingerprint density at radius 2 is 1.70 bits per heavy atom. The van der Waals surface area contributed by atoms with Gasteiger partial charge in [0.1, 0.15) is 11.7 Å². The zero-order valence-corrected chi connectivity index (χ0v) is 18.2. The number of carbonyl (C=O) groups excluding carboxylic acids is 3. The topological polar surface area (TPSA) is 89.9 Å². The summed E-state index contributed by atoms with van der Waals surface area (Å²) in [5.41, 5.74) is -1.49. The first-order valence-corrected chi connectivity index (χ1v) is 10.3. The number of carbonyl (C=O) groups is 3. The summed E-state index contributed by atoms with van der Waals surface area (Å²) in [4.78, 5) is 38.7. The number of hydrogen-bond acceptors (Lipinski definition) is 6. The molecule has 1 N–H and O–H groups in total. The molecule has 0 heterocycles. The van der Waals surface area contributed by atoms with E-state index in [2.05, 4.69) is 0 Å². The van der Waals surface area contributed by atoms with Gasteiger partial charge in [0.25, 0.3) is 0 Å². The second-order valence-corrected chi connectivity index (χ2v) is 9.08. The minimum absolute atomic E-state index is 0.0511. The molecule has 0 amide bonds. The summed E-state index contributed by atoms with van der Waals surface area (Å²) in [6.07, 6.45) is -0.401. The average molecular weight is 422 g/mol. The Labute approximate surface area is 176 Å². The fourth-order valence-corrected chi connectivity index (χ4v) is 3.81. The number of halogens is 1. The molecule has 1 saturated carbocycles. The molecule has 1 aromatic carbocycles. The van der Waals surface area contributed by atoms with E-state index in [4.69, 9.17) is 9.47 Å². The third kappa shape index (κ3) is 5.65. The maximum atomic E-state index is 14.0. The highest BCUT2D eigenvalue weighted by Gasteiger charge is 2.57. The van der Waals surface area contributed by atoms with E-state index >= 15 is 0 Å². The summed E-state index contributed by atoms with van der Waals surface area (Å²) in [5, 5.41) is 11.0. The first-order valence-electron chi connectivity index (χ1n) is 10.3. The molecule has 0 radical (unpaired) electrons. The second kappa shape index (κ2) is 9.69. The Balaban J connectivity index is 2.53. The number of rotatable bonds is 7. The van der Waals surface area contributed by atoms with Crippen LogP contribution in [0.2, 0.25) is 0 Å². The van der Waals surface area contributed by atoms with Crippen LogP contribution >= 0.6 is 0 Å². The van der Waals surface area contributed by atoms with E-state index in [0.29, 0.717) is 0 Å². The minimum atomic E-state index is -1.75. The number of ether oxygens (including phenoxy) is 2. The Bertz CT molecular complexity index is 786. The number of benzene rings is 1. The van der Waals surface area contributed by atoms with Gasteiger partial charge in [0.2, 0.25) is 0 Å². The molecule has 166 valence electrons. The highest BCUT2D eigenvalue weighted by atomic mass is 19.1. The van der Waals surface area contributed by atoms with Gasteiger partial charge >= 0.3 is 11.9 Å². The Morgan fingerprint density at radius 3 is 2.23 bits per heavy atom. The molecular formula is C23H31FO6. The number of esters is 2. The lowest BCUT2D eigenvalue weighted by atomic mass is 9.61. The predicted molar refractivity (Wildman–Crippen MR) is 108 cm³/mol. The SMILES string of the molecule is CC(C)COC(=O)[C@@H]1C(=O)C[C@](C)(O)[C@@H](C(=O)OCC(C)C)[C@H]1c1cccc(F)c1. The summed E-state index contributed by atoms with van der Waals surface area (Å²) in [6.45, 7) is 9.05. The van der Waals surface area contributed by atoms with Crippen molar-refractivity contribution in [3.05, 3.63) is 35.6 Å². The number of aliphatic hydroxyl groups is 1. The van der Waals surface area contributed by atoms with Gasteiger partial charge in [0.15, 0.2) is 5.78 Å². The van der Waals surface area contributed by atoms with Crippen molar-refractivity contribution in [1.29, 1.82) is 0 Å². The van der Waals surface area contributed by atoms with Crippen LogP contribution in [0.25, 0.3) is 0 Å². The highest BCUT2D eigenvalue weighted by Crippen LogP contribution is 2.46. The molecule has 0 bridgehead atoms. The van der Waals surface area contributed by atoms with Gasteiger partial charge in [-0.05, 0) is 36.5 Å². The molecule has 1 aliphatic carbocycles. The van der Waals surface area contributed by atoms with E-state index in [1.54, 1.807) is 0 Å². The van der Waals surface area contributed by atoms with Gasteiger partial charge in [0, 0.05) is 12.3 Å². The smallest absolute Gasteiger partial charge is 0.317 e. The summed E-state index contributed by atoms with van der Waals surface area (Å²) in [6, 6.07) is 5.37. The Hall–Kier alpha value is -2.28. The fraction of sp³-hybridized carbons (Fsp3) is 0.609. The van der Waals surface area contributed by atoms with E-state index in [1.165, 1.54) is 31.2 Å². The van der Waals surface area contributed by atoms with Crippen LogP contribution in [-0.2, 0) is 23.9 Å². The van der Waals surface area contributed by atoms with Gasteiger partial charge in [-0.2, -0.15) is 0 Å². The van der Waals surface area contributed by atoms with Gasteiger partial charge in [-0.3, -0.25) is 14.4 Å². The maximum absolute atomic E-state index is 14.0. The molecule has 0 aromatic heterocycles. The minimum Gasteiger partial charge on any atom is -0.465 e. The molecular weight excluding hydrogens is 391 g/mol. The van der Waals surface area contributed by atoms with Gasteiger partial charge in [-0.15, -0.1) is 0 Å². The van der Waals surface area contributed by atoms with E-state index in [-0.39, 0.29) is 30.6 Å². The van der Waals surface area contributed by atoms with E-state index in [0.717, 1.165) is 0 Å². The molecule has 0 aliphatic heterocycles. The van der Waals surface area contributed by atoms with Crippen LogP contribution < -0.4 is 0 Å². The van der Waals surface area contributed by atoms with E-state index < -0.39 is 53.3 Å². The molecule has 1 aliphatic rings. The van der Waals surface area contributed by atoms with Crippen LogP contribution in [0.4, 0.5) is 4.39 Å². The van der Waals surface area contributed by atoms with Crippen LogP contribution in [0.3, 0.4) is 0 Å². The highest BCUT2D eigenvalue weighted by molar-refractivity contribution is 6.02. The Kier molecular flexibility index (Phi) is 7.75. The van der Waals surface area contributed by atoms with Crippen LogP contribution in [0.5, 0.6) is 0 Å². The molecule has 0 unspecified atom stereocenters. The summed E-state index contributed by atoms with van der Waals surface area (Å²) in [5.74, 6) is -6.17. The lowest BCUT2D eigenvalue weighted by molar-refractivity contribution is -0.174. The molecule has 4 atom stereocenters. The molecule has 30 heavy (non-hydrogen) atoms. The summed E-state index contributed by atoms with van der Waals surface area (Å²) >= 11 is 0. The first kappa shape index (κ1) is 24.0. The molecule has 0 saturated heterocycles. The largest absolute Gasteiger partial charge is 0.465 e. The first-order chi connectivity index (χ1) is 13.9. The van der Waals surface area contributed by atoms with Gasteiger partial charge in [-0.25, -0.2) is 4.39 Å². The van der Waals surface area contributed by atoms with Crippen molar-refractivity contribution in [3.63, 3.8) is 0 Å². The quantitative estimate of drug-likeness (QED) is 0.536. The molecule has 1 fully saturated rings.